The smallest absolute Gasteiger partial charge is 0.278 e. The van der Waals surface area contributed by atoms with Crippen LogP contribution in [0.25, 0.3) is 11.1 Å². The topological polar surface area (TPSA) is 95.1 Å². The van der Waals surface area contributed by atoms with Crippen molar-refractivity contribution in [1.29, 1.82) is 0 Å². The molecule has 7 nitrogen and oxygen atoms in total. The van der Waals surface area contributed by atoms with Gasteiger partial charge in [-0.2, -0.15) is 0 Å². The van der Waals surface area contributed by atoms with Crippen LogP contribution in [0.1, 0.15) is 43.5 Å². The highest BCUT2D eigenvalue weighted by Gasteiger charge is 2.40. The van der Waals surface area contributed by atoms with Crippen molar-refractivity contribution in [2.24, 2.45) is 5.92 Å². The van der Waals surface area contributed by atoms with Crippen molar-refractivity contribution in [3.05, 3.63) is 53.8 Å². The number of halogens is 1. The minimum atomic E-state index is -0.676. The first-order valence-corrected chi connectivity index (χ1v) is 11.9. The Labute approximate surface area is 199 Å². The van der Waals surface area contributed by atoms with Crippen molar-refractivity contribution in [3.8, 4) is 11.1 Å². The van der Waals surface area contributed by atoms with Gasteiger partial charge in [0.2, 0.25) is 5.91 Å². The third-order valence-corrected chi connectivity index (χ3v) is 6.67. The van der Waals surface area contributed by atoms with E-state index < -0.39 is 6.04 Å². The maximum absolute atomic E-state index is 14.3. The van der Waals surface area contributed by atoms with E-state index in [9.17, 15) is 18.8 Å². The van der Waals surface area contributed by atoms with E-state index in [1.165, 1.54) is 6.07 Å². The molecule has 0 aromatic heterocycles. The average molecular weight is 468 g/mol. The van der Waals surface area contributed by atoms with Gasteiger partial charge in [0.1, 0.15) is 11.9 Å². The molecule has 0 unspecified atom stereocenters. The second-order valence-corrected chi connectivity index (χ2v) is 9.54. The fourth-order valence-corrected chi connectivity index (χ4v) is 4.86. The summed E-state index contributed by atoms with van der Waals surface area (Å²) in [4.78, 5) is 40.8. The number of nitrogens with one attached hydrogen (secondary N) is 2. The van der Waals surface area contributed by atoms with Gasteiger partial charge in [0, 0.05) is 24.6 Å². The van der Waals surface area contributed by atoms with E-state index in [0.29, 0.717) is 47.7 Å². The maximum Gasteiger partial charge on any atom is 0.278 e. The van der Waals surface area contributed by atoms with Crippen molar-refractivity contribution in [2.75, 3.05) is 18.9 Å². The van der Waals surface area contributed by atoms with Crippen LogP contribution < -0.4 is 16.0 Å². The first kappa shape index (κ1) is 23.9. The van der Waals surface area contributed by atoms with Gasteiger partial charge in [-0.1, -0.05) is 38.1 Å². The number of quaternary nitrogens is 1. The number of likely N-dealkylation sites (N-methyl/N-ethyl adjacent to an activating group) is 1. The van der Waals surface area contributed by atoms with Crippen molar-refractivity contribution >= 4 is 23.4 Å². The fraction of sp³-hybridized carbons (Fsp3) is 0.423. The van der Waals surface area contributed by atoms with Gasteiger partial charge in [-0.25, -0.2) is 4.39 Å². The first-order valence-electron chi connectivity index (χ1n) is 11.9. The van der Waals surface area contributed by atoms with Gasteiger partial charge in [0.05, 0.1) is 18.3 Å². The Morgan fingerprint density at radius 1 is 1.21 bits per heavy atom. The van der Waals surface area contributed by atoms with Crippen LogP contribution in [0.4, 0.5) is 10.1 Å². The molecule has 34 heavy (non-hydrogen) atoms. The van der Waals surface area contributed by atoms with E-state index in [4.69, 9.17) is 0 Å². The number of hydrogen-bond donors (Lipinski definition) is 3. The Kier molecular flexibility index (Phi) is 6.97. The number of rotatable bonds is 6. The van der Waals surface area contributed by atoms with Crippen LogP contribution in [0.3, 0.4) is 0 Å². The highest BCUT2D eigenvalue weighted by molar-refractivity contribution is 6.10. The zero-order chi connectivity index (χ0) is 24.4. The Bertz CT molecular complexity index is 1100. The molecule has 0 spiro atoms. The molecule has 3 amide bonds. The van der Waals surface area contributed by atoms with E-state index in [1.54, 1.807) is 41.3 Å². The van der Waals surface area contributed by atoms with Crippen LogP contribution in [-0.4, -0.2) is 54.3 Å². The monoisotopic (exact) mass is 467 g/mol. The molecule has 2 aromatic rings. The normalized spacial score (nSPS) is 20.8. The molecule has 0 radical (unpaired) electrons. The van der Waals surface area contributed by atoms with E-state index in [0.717, 1.165) is 6.42 Å². The molecular formula is C26H32FN4O3+. The third-order valence-electron chi connectivity index (χ3n) is 6.67. The van der Waals surface area contributed by atoms with Crippen molar-refractivity contribution < 1.29 is 24.1 Å². The number of benzene rings is 2. The predicted octanol–water partition coefficient (Wildman–Crippen LogP) is 2.14. The number of carbonyl (C=O) groups is 3. The Morgan fingerprint density at radius 2 is 1.97 bits per heavy atom. The van der Waals surface area contributed by atoms with E-state index in [1.807, 2.05) is 12.4 Å². The minimum absolute atomic E-state index is 0.0344. The second kappa shape index (κ2) is 9.93. The molecule has 1 fully saturated rings. The third kappa shape index (κ3) is 4.82. The summed E-state index contributed by atoms with van der Waals surface area (Å²) >= 11 is 0. The zero-order valence-electron chi connectivity index (χ0n) is 19.8. The van der Waals surface area contributed by atoms with Gasteiger partial charge in [-0.3, -0.25) is 14.4 Å². The van der Waals surface area contributed by atoms with Crippen LogP contribution in [0.15, 0.2) is 42.5 Å². The average Bonchev–Trinajstić information content (AvgIpc) is 2.91. The molecule has 2 aliphatic rings. The molecule has 0 aliphatic carbocycles. The lowest BCUT2D eigenvalue weighted by Gasteiger charge is -2.37. The first-order chi connectivity index (χ1) is 16.3. The lowest BCUT2D eigenvalue weighted by Crippen LogP contribution is -2.89. The summed E-state index contributed by atoms with van der Waals surface area (Å²) in [5.41, 5.74) is 1.74. The number of nitrogens with zero attached hydrogens (tertiary/aromatic N) is 1. The Morgan fingerprint density at radius 3 is 2.68 bits per heavy atom. The molecule has 4 rings (SSSR count). The molecule has 2 aliphatic heterocycles. The molecule has 8 heteroatoms. The van der Waals surface area contributed by atoms with Gasteiger partial charge >= 0.3 is 0 Å². The molecule has 3 atom stereocenters. The highest BCUT2D eigenvalue weighted by atomic mass is 19.1. The largest absolute Gasteiger partial charge is 0.348 e. The maximum atomic E-state index is 14.3. The van der Waals surface area contributed by atoms with Crippen LogP contribution in [0.2, 0.25) is 0 Å². The molecular weight excluding hydrogens is 435 g/mol. The Balaban J connectivity index is 1.53. The van der Waals surface area contributed by atoms with Crippen molar-refractivity contribution in [3.63, 3.8) is 0 Å². The number of hydrogen-bond acceptors (Lipinski definition) is 3. The SMILES string of the molecule is C[NH2+][C@@H](CC(C)C)C(=O)N[C@H]1CCN2C(=O)c3cc(-c4ccccc4F)ccc3NC(=O)[C@@H]2C1. The van der Waals surface area contributed by atoms with Gasteiger partial charge in [0.25, 0.3) is 11.8 Å². The van der Waals surface area contributed by atoms with Crippen molar-refractivity contribution in [1.82, 2.24) is 10.2 Å². The molecule has 2 heterocycles. The zero-order valence-corrected chi connectivity index (χ0v) is 19.8. The summed E-state index contributed by atoms with van der Waals surface area (Å²) in [6.45, 7) is 4.52. The number of anilines is 1. The van der Waals surface area contributed by atoms with Gasteiger partial charge < -0.3 is 20.9 Å². The number of carbonyl (C=O) groups excluding carboxylic acids is 3. The van der Waals surface area contributed by atoms with E-state index in [2.05, 4.69) is 24.5 Å². The summed E-state index contributed by atoms with van der Waals surface area (Å²) in [6.07, 6.45) is 1.69. The molecule has 4 N–H and O–H groups in total. The molecule has 180 valence electrons. The minimum Gasteiger partial charge on any atom is -0.348 e. The summed E-state index contributed by atoms with van der Waals surface area (Å²) in [5.74, 6) is -0.548. The standard InChI is InChI=1S/C26H31FN4O3/c1-15(2)12-22(28-3)24(32)29-17-10-11-31-23(14-17)25(33)30-21-9-8-16(13-19(21)26(31)34)18-6-4-5-7-20(18)27/h4-9,13,15,17,22-23,28H,10-12,14H2,1-3H3,(H,29,32)(H,30,33)/p+1/t17-,22-,23-/m0/s1. The Hall–Kier alpha value is -3.26. The lowest BCUT2D eigenvalue weighted by atomic mass is 9.95. The number of amides is 3. The predicted molar refractivity (Wildman–Crippen MR) is 128 cm³/mol. The van der Waals surface area contributed by atoms with Crippen LogP contribution in [0.5, 0.6) is 0 Å². The van der Waals surface area contributed by atoms with Crippen LogP contribution in [0, 0.1) is 11.7 Å². The number of nitrogens with two attached hydrogens (primary N) is 1. The van der Waals surface area contributed by atoms with Crippen LogP contribution in [-0.2, 0) is 9.59 Å². The fourth-order valence-electron chi connectivity index (χ4n) is 4.86. The van der Waals surface area contributed by atoms with Crippen LogP contribution >= 0.6 is 0 Å². The van der Waals surface area contributed by atoms with E-state index in [-0.39, 0.29) is 35.6 Å². The second-order valence-electron chi connectivity index (χ2n) is 9.54. The molecule has 0 bridgehead atoms. The van der Waals surface area contributed by atoms with Gasteiger partial charge in [0.15, 0.2) is 6.04 Å². The van der Waals surface area contributed by atoms with E-state index >= 15 is 0 Å². The number of piperidine rings is 1. The molecule has 2 aromatic carbocycles. The summed E-state index contributed by atoms with van der Waals surface area (Å²) in [7, 11) is 1.89. The quantitative estimate of drug-likeness (QED) is 0.608. The van der Waals surface area contributed by atoms with Gasteiger partial charge in [-0.15, -0.1) is 0 Å². The highest BCUT2D eigenvalue weighted by Crippen LogP contribution is 2.32. The number of fused-ring (bicyclic) bond motifs is 2. The lowest BCUT2D eigenvalue weighted by molar-refractivity contribution is -0.651. The summed E-state index contributed by atoms with van der Waals surface area (Å²) in [6, 6.07) is 10.4. The summed E-state index contributed by atoms with van der Waals surface area (Å²) in [5, 5.41) is 7.87. The molecule has 1 saturated heterocycles. The van der Waals surface area contributed by atoms with Crippen molar-refractivity contribution in [2.45, 2.75) is 51.2 Å². The summed E-state index contributed by atoms with van der Waals surface area (Å²) < 4.78 is 14.3. The van der Waals surface area contributed by atoms with Gasteiger partial charge in [-0.05, 0) is 42.5 Å². The molecule has 0 saturated carbocycles.